The van der Waals surface area contributed by atoms with Gasteiger partial charge in [0.2, 0.25) is 0 Å². The Hall–Kier alpha value is -0.970. The van der Waals surface area contributed by atoms with E-state index in [0.717, 1.165) is 0 Å². The van der Waals surface area contributed by atoms with E-state index in [1.54, 1.807) is 6.92 Å². The fraction of sp³-hybridized carbons (Fsp3) is 0.429. The lowest BCUT2D eigenvalue weighted by molar-refractivity contribution is -0.139. The first-order valence-electron chi connectivity index (χ1n) is 3.59. The Morgan fingerprint density at radius 1 is 1.29 bits per heavy atom. The molecule has 0 aromatic rings. The van der Waals surface area contributed by atoms with Gasteiger partial charge >= 0.3 is 11.9 Å². The van der Waals surface area contributed by atoms with Crippen molar-refractivity contribution in [3.63, 3.8) is 0 Å². The van der Waals surface area contributed by atoms with E-state index < -0.39 is 26.7 Å². The Morgan fingerprint density at radius 3 is 1.71 bits per heavy atom. The molecule has 0 radical (unpaired) electrons. The molecular weight excluding hydrogens is 211 g/mol. The monoisotopic (exact) mass is 224 g/mol. The average Bonchev–Trinajstić information content (AvgIpc) is 2.04. The number of carbonyl (C=O) groups is 2. The van der Waals surface area contributed by atoms with Crippen molar-refractivity contribution in [1.82, 2.24) is 0 Å². The molecule has 0 fully saturated rings. The summed E-state index contributed by atoms with van der Waals surface area (Å²) in [5.74, 6) is -2.44. The summed E-state index contributed by atoms with van der Waals surface area (Å²) in [5.41, 5.74) is -0.303. The molecule has 6 nitrogen and oxygen atoms in total. The number of carboxylic acid groups (broad SMARTS) is 2. The van der Waals surface area contributed by atoms with Gasteiger partial charge in [0.25, 0.3) is 0 Å². The van der Waals surface area contributed by atoms with E-state index in [9.17, 15) is 9.59 Å². The van der Waals surface area contributed by atoms with Gasteiger partial charge in [-0.15, -0.1) is 0 Å². The largest absolute Gasteiger partial charge is 0.481 e. The predicted molar refractivity (Wildman–Crippen MR) is 50.9 cm³/mol. The van der Waals surface area contributed by atoms with E-state index in [-0.39, 0.29) is 5.57 Å². The molecule has 82 valence electrons. The van der Waals surface area contributed by atoms with Crippen LogP contribution in [0.2, 0.25) is 0 Å². The molecule has 0 bridgehead atoms. The van der Waals surface area contributed by atoms with Crippen molar-refractivity contribution in [2.75, 3.05) is 6.16 Å². The Kier molecular flexibility index (Phi) is 9.54. The minimum atomic E-state index is -1.60. The highest BCUT2D eigenvalue weighted by atomic mass is 31.2. The third kappa shape index (κ3) is 13.6. The van der Waals surface area contributed by atoms with Gasteiger partial charge in [0.05, 0.1) is 6.42 Å². The van der Waals surface area contributed by atoms with E-state index in [4.69, 9.17) is 20.0 Å². The number of rotatable bonds is 4. The van der Waals surface area contributed by atoms with Crippen LogP contribution in [0, 0.1) is 0 Å². The zero-order chi connectivity index (χ0) is 11.7. The maximum Gasteiger partial charge on any atom is 0.331 e. The van der Waals surface area contributed by atoms with E-state index >= 15 is 0 Å². The standard InChI is InChI=1S/C5H6O4.C2H7O2P/c1-3(5(8)9)2-4(6)7;1-2-5(3)4/h1-2H2,(H,6,7)(H,8,9);3-4H,2H2,1H3. The second-order valence-corrected chi connectivity index (χ2v) is 3.54. The first-order valence-corrected chi connectivity index (χ1v) is 5.02. The molecule has 0 aliphatic carbocycles. The molecule has 14 heavy (non-hydrogen) atoms. The second-order valence-electron chi connectivity index (χ2n) is 2.17. The fourth-order valence-corrected chi connectivity index (χ4v) is 0.258. The van der Waals surface area contributed by atoms with Crippen LogP contribution in [-0.4, -0.2) is 38.1 Å². The van der Waals surface area contributed by atoms with Gasteiger partial charge in [-0.1, -0.05) is 13.5 Å². The first kappa shape index (κ1) is 15.5. The van der Waals surface area contributed by atoms with Crippen molar-refractivity contribution >= 4 is 20.3 Å². The van der Waals surface area contributed by atoms with Crippen molar-refractivity contribution < 1.29 is 29.6 Å². The van der Waals surface area contributed by atoms with Crippen molar-refractivity contribution in [2.24, 2.45) is 0 Å². The summed E-state index contributed by atoms with van der Waals surface area (Å²) in [6.07, 6.45) is -0.0231. The summed E-state index contributed by atoms with van der Waals surface area (Å²) < 4.78 is 0. The van der Waals surface area contributed by atoms with E-state index in [2.05, 4.69) is 6.58 Å². The van der Waals surface area contributed by atoms with E-state index in [0.29, 0.717) is 6.16 Å². The van der Waals surface area contributed by atoms with Crippen LogP contribution in [0.4, 0.5) is 0 Å². The fourth-order valence-electron chi connectivity index (χ4n) is 0.258. The third-order valence-electron chi connectivity index (χ3n) is 0.950. The maximum atomic E-state index is 9.87. The third-order valence-corrected chi connectivity index (χ3v) is 1.52. The highest BCUT2D eigenvalue weighted by Gasteiger charge is 2.07. The van der Waals surface area contributed by atoms with Gasteiger partial charge in [0.15, 0.2) is 8.38 Å². The lowest BCUT2D eigenvalue weighted by Gasteiger charge is -1.91. The van der Waals surface area contributed by atoms with Crippen LogP contribution in [0.1, 0.15) is 13.3 Å². The molecular formula is C7H13O6P. The van der Waals surface area contributed by atoms with Crippen molar-refractivity contribution in [3.05, 3.63) is 12.2 Å². The number of carboxylic acids is 2. The van der Waals surface area contributed by atoms with Crippen LogP contribution in [0.15, 0.2) is 12.2 Å². The molecule has 0 saturated heterocycles. The highest BCUT2D eigenvalue weighted by molar-refractivity contribution is 7.45. The van der Waals surface area contributed by atoms with Gasteiger partial charge in [0.1, 0.15) is 0 Å². The molecule has 0 aliphatic heterocycles. The SMILES string of the molecule is C=C(CC(=O)O)C(=O)O.CCP(O)O. The summed E-state index contributed by atoms with van der Waals surface area (Å²) in [7, 11) is -1.60. The number of hydrogen-bond donors (Lipinski definition) is 4. The zero-order valence-electron chi connectivity index (χ0n) is 7.67. The molecule has 0 aromatic heterocycles. The number of hydrogen-bond acceptors (Lipinski definition) is 4. The molecule has 0 unspecified atom stereocenters. The zero-order valence-corrected chi connectivity index (χ0v) is 8.57. The first-order chi connectivity index (χ1) is 6.31. The normalized spacial score (nSPS) is 8.86. The summed E-state index contributed by atoms with van der Waals surface area (Å²) in [5, 5.41) is 16.1. The molecule has 0 heterocycles. The summed E-state index contributed by atoms with van der Waals surface area (Å²) in [4.78, 5) is 35.6. The highest BCUT2D eigenvalue weighted by Crippen LogP contribution is 2.19. The molecule has 0 rings (SSSR count). The van der Waals surface area contributed by atoms with Gasteiger partial charge in [-0.2, -0.15) is 0 Å². The predicted octanol–water partition coefficient (Wildman–Crippen LogP) is 0.405. The molecule has 0 saturated carbocycles. The average molecular weight is 224 g/mol. The second kappa shape index (κ2) is 8.62. The Bertz CT molecular complexity index is 212. The Morgan fingerprint density at radius 2 is 1.64 bits per heavy atom. The van der Waals surface area contributed by atoms with E-state index in [1.807, 2.05) is 0 Å². The van der Waals surface area contributed by atoms with Crippen molar-refractivity contribution in [3.8, 4) is 0 Å². The van der Waals surface area contributed by atoms with Crippen LogP contribution in [0.25, 0.3) is 0 Å². The van der Waals surface area contributed by atoms with Crippen LogP contribution in [0.3, 0.4) is 0 Å². The van der Waals surface area contributed by atoms with Gasteiger partial charge in [0, 0.05) is 11.7 Å². The topological polar surface area (TPSA) is 115 Å². The lowest BCUT2D eigenvalue weighted by Crippen LogP contribution is -2.04. The minimum Gasteiger partial charge on any atom is -0.481 e. The summed E-state index contributed by atoms with van der Waals surface area (Å²) >= 11 is 0. The molecule has 0 atom stereocenters. The lowest BCUT2D eigenvalue weighted by atomic mass is 10.2. The molecule has 4 N–H and O–H groups in total. The van der Waals surface area contributed by atoms with Gasteiger partial charge in [-0.25, -0.2) is 4.79 Å². The van der Waals surface area contributed by atoms with Gasteiger partial charge in [-0.05, 0) is 0 Å². The van der Waals surface area contributed by atoms with Crippen LogP contribution in [0.5, 0.6) is 0 Å². The van der Waals surface area contributed by atoms with Crippen LogP contribution < -0.4 is 0 Å². The van der Waals surface area contributed by atoms with Gasteiger partial charge in [-0.3, -0.25) is 4.79 Å². The molecule has 0 spiro atoms. The smallest absolute Gasteiger partial charge is 0.331 e. The molecule has 0 aliphatic rings. The quantitative estimate of drug-likeness (QED) is 0.406. The Labute approximate surface area is 82.4 Å². The van der Waals surface area contributed by atoms with Crippen molar-refractivity contribution in [2.45, 2.75) is 13.3 Å². The molecule has 0 amide bonds. The maximum absolute atomic E-state index is 9.87. The van der Waals surface area contributed by atoms with Gasteiger partial charge < -0.3 is 20.0 Å². The molecule has 0 aromatic carbocycles. The number of aliphatic carboxylic acids is 2. The summed E-state index contributed by atoms with van der Waals surface area (Å²) in [6.45, 7) is 4.74. The van der Waals surface area contributed by atoms with E-state index in [1.165, 1.54) is 0 Å². The minimum absolute atomic E-state index is 0.303. The molecule has 7 heteroatoms. The Balaban J connectivity index is 0. The summed E-state index contributed by atoms with van der Waals surface area (Å²) in [6, 6.07) is 0. The van der Waals surface area contributed by atoms with Crippen LogP contribution >= 0.6 is 8.38 Å². The van der Waals surface area contributed by atoms with Crippen molar-refractivity contribution in [1.29, 1.82) is 0 Å². The van der Waals surface area contributed by atoms with Crippen LogP contribution in [-0.2, 0) is 9.59 Å².